The summed E-state index contributed by atoms with van der Waals surface area (Å²) in [5, 5.41) is 19.3. The highest BCUT2D eigenvalue weighted by Gasteiger charge is 2.24. The highest BCUT2D eigenvalue weighted by atomic mass is 16.1. The lowest BCUT2D eigenvalue weighted by Gasteiger charge is -2.12. The van der Waals surface area contributed by atoms with Crippen LogP contribution >= 0.6 is 0 Å². The number of nitriles is 1. The first-order chi connectivity index (χ1) is 15.6. The lowest BCUT2D eigenvalue weighted by Crippen LogP contribution is -2.23. The molecule has 3 aromatic heterocycles. The van der Waals surface area contributed by atoms with Crippen LogP contribution in [-0.2, 0) is 13.6 Å². The number of hydrogen-bond acceptors (Lipinski definition) is 4. The molecule has 6 rings (SSSR count). The number of rotatable bonds is 4. The molecule has 7 heteroatoms. The van der Waals surface area contributed by atoms with Gasteiger partial charge in [-0.1, -0.05) is 12.1 Å². The van der Waals surface area contributed by atoms with Crippen molar-refractivity contribution in [2.75, 3.05) is 0 Å². The van der Waals surface area contributed by atoms with Gasteiger partial charge in [0.25, 0.3) is 5.56 Å². The summed E-state index contributed by atoms with van der Waals surface area (Å²) >= 11 is 0. The summed E-state index contributed by atoms with van der Waals surface area (Å²) < 4.78 is 5.39. The zero-order valence-electron chi connectivity index (χ0n) is 17.6. The van der Waals surface area contributed by atoms with E-state index in [-0.39, 0.29) is 5.56 Å². The van der Waals surface area contributed by atoms with E-state index in [2.05, 4.69) is 15.7 Å². The molecule has 1 aliphatic rings. The van der Waals surface area contributed by atoms with Gasteiger partial charge in [-0.25, -0.2) is 0 Å². The Bertz CT molecular complexity index is 1590. The number of aryl methyl sites for hydroxylation is 1. The van der Waals surface area contributed by atoms with Crippen molar-refractivity contribution in [3.63, 3.8) is 0 Å². The molecule has 5 aromatic rings. The van der Waals surface area contributed by atoms with E-state index in [4.69, 9.17) is 5.10 Å². The average Bonchev–Trinajstić information content (AvgIpc) is 3.41. The van der Waals surface area contributed by atoms with Crippen LogP contribution in [0.2, 0.25) is 0 Å². The smallest absolute Gasteiger partial charge is 0.281 e. The molecule has 0 saturated heterocycles. The summed E-state index contributed by atoms with van der Waals surface area (Å²) in [5.74, 6) is 0.662. The molecule has 1 saturated carbocycles. The Morgan fingerprint density at radius 2 is 1.88 bits per heavy atom. The fraction of sp³-hybridized carbons (Fsp3) is 0.200. The van der Waals surface area contributed by atoms with E-state index in [0.29, 0.717) is 22.7 Å². The van der Waals surface area contributed by atoms with Crippen molar-refractivity contribution in [2.45, 2.75) is 19.4 Å². The molecule has 0 bridgehead atoms. The lowest BCUT2D eigenvalue weighted by atomic mass is 10.0. The molecule has 156 valence electrons. The van der Waals surface area contributed by atoms with Crippen LogP contribution in [0.4, 0.5) is 0 Å². The fourth-order valence-electron chi connectivity index (χ4n) is 4.32. The van der Waals surface area contributed by atoms with Gasteiger partial charge in [0.15, 0.2) is 0 Å². The highest BCUT2D eigenvalue weighted by Crippen LogP contribution is 2.34. The van der Waals surface area contributed by atoms with E-state index in [1.54, 1.807) is 16.8 Å². The van der Waals surface area contributed by atoms with Crippen LogP contribution in [0.15, 0.2) is 65.7 Å². The summed E-state index contributed by atoms with van der Waals surface area (Å²) in [5.41, 5.74) is 4.97. The number of fused-ring (bicyclic) bond motifs is 2. The highest BCUT2D eigenvalue weighted by molar-refractivity contribution is 5.92. The Labute approximate surface area is 183 Å². The van der Waals surface area contributed by atoms with Crippen molar-refractivity contribution in [1.29, 1.82) is 5.26 Å². The molecule has 0 atom stereocenters. The van der Waals surface area contributed by atoms with E-state index < -0.39 is 0 Å². The van der Waals surface area contributed by atoms with Gasteiger partial charge in [-0.3, -0.25) is 9.48 Å². The van der Waals surface area contributed by atoms with Gasteiger partial charge in [0.1, 0.15) is 5.52 Å². The predicted molar refractivity (Wildman–Crippen MR) is 122 cm³/mol. The van der Waals surface area contributed by atoms with Crippen LogP contribution < -0.4 is 5.56 Å². The number of hydrogen-bond donors (Lipinski definition) is 0. The SMILES string of the molecule is Cn1cc2cc(-n3nc4ccn(CC5CC5)c4c(-c4ccc(C#N)cc4)c3=O)ccc2n1. The van der Waals surface area contributed by atoms with Crippen molar-refractivity contribution in [1.82, 2.24) is 24.1 Å². The third-order valence-corrected chi connectivity index (χ3v) is 6.09. The molecule has 0 N–H and O–H groups in total. The van der Waals surface area contributed by atoms with Gasteiger partial charge < -0.3 is 4.57 Å². The maximum atomic E-state index is 13.8. The molecule has 0 aliphatic heterocycles. The Morgan fingerprint density at radius 3 is 2.62 bits per heavy atom. The normalized spacial score (nSPS) is 13.6. The molecule has 0 amide bonds. The second-order valence-electron chi connectivity index (χ2n) is 8.47. The zero-order valence-corrected chi connectivity index (χ0v) is 17.6. The quantitative estimate of drug-likeness (QED) is 0.440. The second kappa shape index (κ2) is 6.92. The van der Waals surface area contributed by atoms with Crippen LogP contribution in [0.3, 0.4) is 0 Å². The number of nitrogens with zero attached hydrogens (tertiary/aromatic N) is 6. The predicted octanol–water partition coefficient (Wildman–Crippen LogP) is 4.02. The Kier molecular flexibility index (Phi) is 4.02. The van der Waals surface area contributed by atoms with Gasteiger partial charge in [-0.2, -0.15) is 20.1 Å². The van der Waals surface area contributed by atoms with Gasteiger partial charge in [0.2, 0.25) is 0 Å². The maximum Gasteiger partial charge on any atom is 0.281 e. The minimum absolute atomic E-state index is 0.179. The summed E-state index contributed by atoms with van der Waals surface area (Å²) in [6, 6.07) is 17.0. The largest absolute Gasteiger partial charge is 0.345 e. The van der Waals surface area contributed by atoms with Gasteiger partial charge in [0, 0.05) is 31.4 Å². The van der Waals surface area contributed by atoms with Crippen LogP contribution in [0.1, 0.15) is 18.4 Å². The summed E-state index contributed by atoms with van der Waals surface area (Å²) in [7, 11) is 1.88. The van der Waals surface area contributed by atoms with Gasteiger partial charge in [0.05, 0.1) is 33.9 Å². The van der Waals surface area contributed by atoms with Crippen molar-refractivity contribution in [2.24, 2.45) is 13.0 Å². The van der Waals surface area contributed by atoms with E-state index >= 15 is 0 Å². The van der Waals surface area contributed by atoms with Crippen molar-refractivity contribution >= 4 is 21.9 Å². The molecule has 7 nitrogen and oxygen atoms in total. The molecule has 32 heavy (non-hydrogen) atoms. The third kappa shape index (κ3) is 3.00. The molecular formula is C25H20N6O. The standard InChI is InChI=1S/C25H20N6O/c1-29-15-19-12-20(8-9-21(19)27-29)31-25(32)23(18-6-4-16(13-26)5-7-18)24-22(28-31)10-11-30(24)14-17-2-3-17/h4-12,15,17H,2-3,14H2,1H3. The van der Waals surface area contributed by atoms with Crippen LogP contribution in [0.5, 0.6) is 0 Å². The Balaban J connectivity index is 1.62. The van der Waals surface area contributed by atoms with E-state index in [1.165, 1.54) is 17.5 Å². The summed E-state index contributed by atoms with van der Waals surface area (Å²) in [4.78, 5) is 13.8. The number of aromatic nitrogens is 5. The lowest BCUT2D eigenvalue weighted by molar-refractivity contribution is 0.646. The minimum Gasteiger partial charge on any atom is -0.345 e. The van der Waals surface area contributed by atoms with Crippen LogP contribution in [0, 0.1) is 17.2 Å². The summed E-state index contributed by atoms with van der Waals surface area (Å²) in [6.07, 6.45) is 6.40. The van der Waals surface area contributed by atoms with E-state index in [1.807, 2.05) is 55.8 Å². The first kappa shape index (κ1) is 18.6. The molecule has 0 spiro atoms. The van der Waals surface area contributed by atoms with Gasteiger partial charge in [-0.15, -0.1) is 0 Å². The van der Waals surface area contributed by atoms with Crippen LogP contribution in [-0.4, -0.2) is 24.1 Å². The molecule has 2 aromatic carbocycles. The number of benzene rings is 2. The van der Waals surface area contributed by atoms with E-state index in [0.717, 1.165) is 34.0 Å². The second-order valence-corrected chi connectivity index (χ2v) is 8.47. The van der Waals surface area contributed by atoms with Crippen molar-refractivity contribution in [3.8, 4) is 22.9 Å². The molecular weight excluding hydrogens is 400 g/mol. The van der Waals surface area contributed by atoms with Gasteiger partial charge >= 0.3 is 0 Å². The summed E-state index contributed by atoms with van der Waals surface area (Å²) in [6.45, 7) is 0.888. The monoisotopic (exact) mass is 420 g/mol. The minimum atomic E-state index is -0.179. The molecule has 3 heterocycles. The third-order valence-electron chi connectivity index (χ3n) is 6.09. The zero-order chi connectivity index (χ0) is 21.8. The van der Waals surface area contributed by atoms with E-state index in [9.17, 15) is 10.1 Å². The first-order valence-corrected chi connectivity index (χ1v) is 10.7. The Hall–Kier alpha value is -4.18. The Morgan fingerprint density at radius 1 is 1.06 bits per heavy atom. The molecule has 0 unspecified atom stereocenters. The van der Waals surface area contributed by atoms with Crippen LogP contribution in [0.25, 0.3) is 38.8 Å². The first-order valence-electron chi connectivity index (χ1n) is 10.7. The molecule has 1 fully saturated rings. The van der Waals surface area contributed by atoms with Crippen molar-refractivity contribution < 1.29 is 0 Å². The topological polar surface area (TPSA) is 81.4 Å². The van der Waals surface area contributed by atoms with Gasteiger partial charge in [-0.05, 0) is 60.7 Å². The molecule has 1 aliphatic carbocycles. The average molecular weight is 420 g/mol. The maximum absolute atomic E-state index is 13.8. The fourth-order valence-corrected chi connectivity index (χ4v) is 4.32. The van der Waals surface area contributed by atoms with Crippen molar-refractivity contribution in [3.05, 3.63) is 76.8 Å². The molecule has 0 radical (unpaired) electrons.